The van der Waals surface area contributed by atoms with Crippen molar-refractivity contribution < 1.29 is 5.21 Å². The van der Waals surface area contributed by atoms with Gasteiger partial charge in [-0.25, -0.2) is 5.48 Å². The molecule has 0 aliphatic rings. The average molecular weight is 186 g/mol. The van der Waals surface area contributed by atoms with E-state index in [0.29, 0.717) is 6.54 Å². The van der Waals surface area contributed by atoms with Crippen molar-refractivity contribution in [3.05, 3.63) is 33.8 Å². The minimum atomic E-state index is 0.431. The molecule has 0 saturated heterocycles. The summed E-state index contributed by atoms with van der Waals surface area (Å²) in [7, 11) is 0. The van der Waals surface area contributed by atoms with E-state index in [4.69, 9.17) is 16.8 Å². The van der Waals surface area contributed by atoms with E-state index in [2.05, 4.69) is 5.48 Å². The summed E-state index contributed by atoms with van der Waals surface area (Å²) in [5, 5.41) is 9.23. The zero-order valence-corrected chi connectivity index (χ0v) is 7.94. The molecule has 0 aliphatic carbocycles. The molecule has 0 radical (unpaired) electrons. The minimum Gasteiger partial charge on any atom is -0.316 e. The first-order valence-corrected chi connectivity index (χ1v) is 4.15. The van der Waals surface area contributed by atoms with E-state index in [-0.39, 0.29) is 0 Å². The smallest absolute Gasteiger partial charge is 0.0458 e. The molecule has 0 aliphatic heterocycles. The molecular weight excluding hydrogens is 174 g/mol. The largest absolute Gasteiger partial charge is 0.316 e. The fourth-order valence-corrected chi connectivity index (χ4v) is 1.37. The van der Waals surface area contributed by atoms with Crippen LogP contribution in [0.3, 0.4) is 0 Å². The monoisotopic (exact) mass is 185 g/mol. The minimum absolute atomic E-state index is 0.431. The van der Waals surface area contributed by atoms with E-state index >= 15 is 0 Å². The van der Waals surface area contributed by atoms with Gasteiger partial charge in [-0.1, -0.05) is 17.7 Å². The van der Waals surface area contributed by atoms with Gasteiger partial charge < -0.3 is 5.21 Å². The second kappa shape index (κ2) is 3.90. The quantitative estimate of drug-likeness (QED) is 0.694. The second-order valence-corrected chi connectivity index (χ2v) is 3.26. The van der Waals surface area contributed by atoms with Crippen LogP contribution in [-0.2, 0) is 6.54 Å². The predicted octanol–water partition coefficient (Wildman–Crippen LogP) is 2.44. The summed E-state index contributed by atoms with van der Waals surface area (Å²) in [6.45, 7) is 4.41. The first kappa shape index (κ1) is 9.52. The number of hydrogen-bond donors (Lipinski definition) is 2. The Bertz CT molecular complexity index is 263. The first-order valence-electron chi connectivity index (χ1n) is 3.77. The summed E-state index contributed by atoms with van der Waals surface area (Å²) in [4.78, 5) is 0. The molecule has 0 bridgehead atoms. The molecule has 1 rings (SSSR count). The van der Waals surface area contributed by atoms with Crippen molar-refractivity contribution in [1.82, 2.24) is 5.48 Å². The molecule has 0 atom stereocenters. The standard InChI is InChI=1S/C9H12ClNO/c1-6-3-8(5-11-12)4-9(10)7(6)2/h3-4,11-12H,5H2,1-2H3. The fraction of sp³-hybridized carbons (Fsp3) is 0.333. The van der Waals surface area contributed by atoms with Crippen LogP contribution in [-0.4, -0.2) is 5.21 Å². The fourth-order valence-electron chi connectivity index (χ4n) is 1.08. The van der Waals surface area contributed by atoms with Crippen molar-refractivity contribution in [3.8, 4) is 0 Å². The van der Waals surface area contributed by atoms with Gasteiger partial charge in [-0.2, -0.15) is 0 Å². The lowest BCUT2D eigenvalue weighted by Crippen LogP contribution is -2.06. The number of hydroxylamine groups is 1. The second-order valence-electron chi connectivity index (χ2n) is 2.85. The molecule has 1 aromatic rings. The van der Waals surface area contributed by atoms with E-state index in [1.165, 1.54) is 0 Å². The van der Waals surface area contributed by atoms with Gasteiger partial charge in [0, 0.05) is 11.6 Å². The summed E-state index contributed by atoms with van der Waals surface area (Å²) in [5.74, 6) is 0. The molecular formula is C9H12ClNO. The predicted molar refractivity (Wildman–Crippen MR) is 49.6 cm³/mol. The Hall–Kier alpha value is -0.570. The van der Waals surface area contributed by atoms with Crippen LogP contribution in [0.1, 0.15) is 16.7 Å². The average Bonchev–Trinajstić information content (AvgIpc) is 2.01. The van der Waals surface area contributed by atoms with Crippen molar-refractivity contribution in [2.45, 2.75) is 20.4 Å². The maximum atomic E-state index is 8.48. The van der Waals surface area contributed by atoms with Crippen molar-refractivity contribution >= 4 is 11.6 Å². The van der Waals surface area contributed by atoms with Gasteiger partial charge in [-0.15, -0.1) is 0 Å². The first-order chi connectivity index (χ1) is 5.65. The Morgan fingerprint density at radius 3 is 2.58 bits per heavy atom. The maximum Gasteiger partial charge on any atom is 0.0458 e. The number of benzene rings is 1. The van der Waals surface area contributed by atoms with Crippen molar-refractivity contribution in [2.24, 2.45) is 0 Å². The summed E-state index contributed by atoms with van der Waals surface area (Å²) in [6.07, 6.45) is 0. The van der Waals surface area contributed by atoms with Gasteiger partial charge in [0.15, 0.2) is 0 Å². The molecule has 2 N–H and O–H groups in total. The molecule has 0 amide bonds. The topological polar surface area (TPSA) is 32.3 Å². The molecule has 0 heterocycles. The van der Waals surface area contributed by atoms with Gasteiger partial charge in [-0.3, -0.25) is 0 Å². The van der Waals surface area contributed by atoms with E-state index < -0.39 is 0 Å². The molecule has 0 aromatic heterocycles. The van der Waals surface area contributed by atoms with Crippen LogP contribution in [0.2, 0.25) is 5.02 Å². The summed E-state index contributed by atoms with van der Waals surface area (Å²) >= 11 is 5.95. The Balaban J connectivity index is 3.04. The third-order valence-electron chi connectivity index (χ3n) is 1.95. The summed E-state index contributed by atoms with van der Waals surface area (Å²) in [6, 6.07) is 3.86. The SMILES string of the molecule is Cc1cc(CNO)cc(Cl)c1C. The summed E-state index contributed by atoms with van der Waals surface area (Å²) < 4.78 is 0. The summed E-state index contributed by atoms with van der Waals surface area (Å²) in [5.41, 5.74) is 5.33. The number of nitrogens with one attached hydrogen (secondary N) is 1. The van der Waals surface area contributed by atoms with Crippen LogP contribution < -0.4 is 5.48 Å². The molecule has 0 unspecified atom stereocenters. The van der Waals surface area contributed by atoms with Gasteiger partial charge in [0.25, 0.3) is 0 Å². The Kier molecular flexibility index (Phi) is 3.09. The number of rotatable bonds is 2. The maximum absolute atomic E-state index is 8.48. The lowest BCUT2D eigenvalue weighted by atomic mass is 10.1. The Morgan fingerprint density at radius 2 is 2.08 bits per heavy atom. The normalized spacial score (nSPS) is 10.3. The number of halogens is 1. The van der Waals surface area contributed by atoms with Crippen LogP contribution in [0, 0.1) is 13.8 Å². The zero-order chi connectivity index (χ0) is 9.14. The molecule has 3 heteroatoms. The third kappa shape index (κ3) is 1.97. The van der Waals surface area contributed by atoms with E-state index in [9.17, 15) is 0 Å². The van der Waals surface area contributed by atoms with Gasteiger partial charge in [0.2, 0.25) is 0 Å². The van der Waals surface area contributed by atoms with Gasteiger partial charge in [-0.05, 0) is 36.6 Å². The molecule has 12 heavy (non-hydrogen) atoms. The Morgan fingerprint density at radius 1 is 1.42 bits per heavy atom. The van der Waals surface area contributed by atoms with Gasteiger partial charge in [0.05, 0.1) is 0 Å². The van der Waals surface area contributed by atoms with Crippen LogP contribution in [0.15, 0.2) is 12.1 Å². The van der Waals surface area contributed by atoms with Gasteiger partial charge >= 0.3 is 0 Å². The van der Waals surface area contributed by atoms with E-state index in [1.54, 1.807) is 0 Å². The lowest BCUT2D eigenvalue weighted by Gasteiger charge is -2.06. The molecule has 1 aromatic carbocycles. The molecule has 0 fully saturated rings. The van der Waals surface area contributed by atoms with Crippen molar-refractivity contribution in [3.63, 3.8) is 0 Å². The zero-order valence-electron chi connectivity index (χ0n) is 7.19. The molecule has 66 valence electrons. The van der Waals surface area contributed by atoms with Crippen LogP contribution in [0.4, 0.5) is 0 Å². The third-order valence-corrected chi connectivity index (χ3v) is 2.34. The highest BCUT2D eigenvalue weighted by Crippen LogP contribution is 2.20. The molecule has 2 nitrogen and oxygen atoms in total. The van der Waals surface area contributed by atoms with Crippen LogP contribution in [0.5, 0.6) is 0 Å². The highest BCUT2D eigenvalue weighted by molar-refractivity contribution is 6.31. The lowest BCUT2D eigenvalue weighted by molar-refractivity contribution is 0.161. The van der Waals surface area contributed by atoms with Crippen LogP contribution >= 0.6 is 11.6 Å². The van der Waals surface area contributed by atoms with Gasteiger partial charge in [0.1, 0.15) is 0 Å². The van der Waals surface area contributed by atoms with Crippen molar-refractivity contribution in [2.75, 3.05) is 0 Å². The Labute approximate surface area is 77.1 Å². The van der Waals surface area contributed by atoms with Crippen molar-refractivity contribution in [1.29, 1.82) is 0 Å². The van der Waals surface area contributed by atoms with E-state index in [1.807, 2.05) is 26.0 Å². The number of aryl methyl sites for hydroxylation is 1. The van der Waals surface area contributed by atoms with Crippen LogP contribution in [0.25, 0.3) is 0 Å². The number of hydrogen-bond acceptors (Lipinski definition) is 2. The molecule has 0 saturated carbocycles. The highest BCUT2D eigenvalue weighted by atomic mass is 35.5. The highest BCUT2D eigenvalue weighted by Gasteiger charge is 2.01. The molecule has 0 spiro atoms. The van der Waals surface area contributed by atoms with E-state index in [0.717, 1.165) is 21.7 Å².